The lowest BCUT2D eigenvalue weighted by atomic mass is 10.1. The molecule has 1 aliphatic carbocycles. The topological polar surface area (TPSA) is 0 Å². The Labute approximate surface area is 83.2 Å². The summed E-state index contributed by atoms with van der Waals surface area (Å²) in [6, 6.07) is 5.63. The van der Waals surface area contributed by atoms with Crippen LogP contribution in [0.4, 0.5) is 0 Å². The lowest BCUT2D eigenvalue weighted by Gasteiger charge is -1.98. The molecule has 1 fully saturated rings. The van der Waals surface area contributed by atoms with E-state index in [1.807, 2.05) is 18.2 Å². The molecule has 0 aliphatic heterocycles. The highest BCUT2D eigenvalue weighted by Gasteiger charge is 2.11. The van der Waals surface area contributed by atoms with Crippen molar-refractivity contribution in [1.29, 1.82) is 0 Å². The Morgan fingerprint density at radius 1 is 1.38 bits per heavy atom. The zero-order valence-electron chi connectivity index (χ0n) is 7.18. The molecule has 0 heterocycles. The molecule has 0 amide bonds. The minimum Gasteiger partial charge on any atom is -0.115 e. The van der Waals surface area contributed by atoms with Crippen LogP contribution >= 0.6 is 11.6 Å². The molecule has 1 aliphatic rings. The predicted molar refractivity (Wildman–Crippen MR) is 56.6 cm³/mol. The maximum Gasteiger partial charge on any atom is 0.0412 e. The van der Waals surface area contributed by atoms with Crippen molar-refractivity contribution in [2.75, 3.05) is 0 Å². The summed E-state index contributed by atoms with van der Waals surface area (Å²) in [6.45, 7) is 0. The summed E-state index contributed by atoms with van der Waals surface area (Å²) in [6.07, 6.45) is 9.92. The van der Waals surface area contributed by atoms with Crippen molar-refractivity contribution >= 4 is 17.7 Å². The van der Waals surface area contributed by atoms with Crippen LogP contribution in [0.25, 0.3) is 6.08 Å². The molecule has 0 saturated heterocycles. The van der Waals surface area contributed by atoms with E-state index < -0.39 is 0 Å². The van der Waals surface area contributed by atoms with E-state index in [9.17, 15) is 0 Å². The van der Waals surface area contributed by atoms with Crippen LogP contribution in [0, 0.1) is 12.3 Å². The number of allylic oxidation sites excluding steroid dienone is 1. The molecule has 0 radical (unpaired) electrons. The van der Waals surface area contributed by atoms with Crippen molar-refractivity contribution in [2.45, 2.75) is 12.8 Å². The molecular weight excluding hydrogens is 180 g/mol. The SMILES string of the molecule is C#Cc1ccc(Cl)cc1C=C1CC1. The molecule has 1 heteroatoms. The fourth-order valence-corrected chi connectivity index (χ4v) is 1.40. The number of rotatable bonds is 1. The van der Waals surface area contributed by atoms with Crippen LogP contribution in [-0.2, 0) is 0 Å². The van der Waals surface area contributed by atoms with Gasteiger partial charge in [-0.05, 0) is 36.6 Å². The Morgan fingerprint density at radius 3 is 2.77 bits per heavy atom. The standard InChI is InChI=1S/C12H9Cl/c1-2-10-5-6-12(13)8-11(10)7-9-3-4-9/h1,5-8H,3-4H2. The predicted octanol–water partition coefficient (Wildman–Crippen LogP) is 3.50. The third-order valence-electron chi connectivity index (χ3n) is 2.07. The summed E-state index contributed by atoms with van der Waals surface area (Å²) in [4.78, 5) is 0. The Kier molecular flexibility index (Phi) is 2.12. The third-order valence-corrected chi connectivity index (χ3v) is 2.30. The quantitative estimate of drug-likeness (QED) is 0.592. The van der Waals surface area contributed by atoms with E-state index in [0.29, 0.717) is 0 Å². The monoisotopic (exact) mass is 188 g/mol. The second-order valence-corrected chi connectivity index (χ2v) is 3.61. The van der Waals surface area contributed by atoms with Gasteiger partial charge in [-0.3, -0.25) is 0 Å². The second-order valence-electron chi connectivity index (χ2n) is 3.18. The summed E-state index contributed by atoms with van der Waals surface area (Å²) in [5.74, 6) is 2.65. The van der Waals surface area contributed by atoms with E-state index in [-0.39, 0.29) is 0 Å². The Bertz CT molecular complexity index is 402. The second kappa shape index (κ2) is 3.28. The minimum absolute atomic E-state index is 0.742. The molecule has 1 aromatic rings. The van der Waals surface area contributed by atoms with Crippen LogP contribution in [0.15, 0.2) is 23.8 Å². The highest BCUT2D eigenvalue weighted by Crippen LogP contribution is 2.31. The summed E-state index contributed by atoms with van der Waals surface area (Å²) in [7, 11) is 0. The van der Waals surface area contributed by atoms with Gasteiger partial charge in [-0.2, -0.15) is 0 Å². The smallest absolute Gasteiger partial charge is 0.0412 e. The minimum atomic E-state index is 0.742. The van der Waals surface area contributed by atoms with Crippen LogP contribution in [0.2, 0.25) is 5.02 Å². The van der Waals surface area contributed by atoms with Gasteiger partial charge in [0.1, 0.15) is 0 Å². The first-order chi connectivity index (χ1) is 6.29. The van der Waals surface area contributed by atoms with Gasteiger partial charge in [0.05, 0.1) is 0 Å². The molecule has 2 rings (SSSR count). The van der Waals surface area contributed by atoms with Crippen molar-refractivity contribution in [2.24, 2.45) is 0 Å². The van der Waals surface area contributed by atoms with Crippen molar-refractivity contribution in [3.63, 3.8) is 0 Å². The number of halogens is 1. The molecule has 0 atom stereocenters. The largest absolute Gasteiger partial charge is 0.115 e. The molecule has 0 nitrogen and oxygen atoms in total. The first-order valence-corrected chi connectivity index (χ1v) is 4.63. The van der Waals surface area contributed by atoms with Gasteiger partial charge in [0.25, 0.3) is 0 Å². The first kappa shape index (κ1) is 8.41. The summed E-state index contributed by atoms with van der Waals surface area (Å²) < 4.78 is 0. The maximum atomic E-state index is 5.88. The molecule has 1 aromatic carbocycles. The third kappa shape index (κ3) is 1.94. The van der Waals surface area contributed by atoms with E-state index >= 15 is 0 Å². The molecule has 0 N–H and O–H groups in total. The molecule has 0 aromatic heterocycles. The average molecular weight is 189 g/mol. The van der Waals surface area contributed by atoms with E-state index in [1.165, 1.54) is 18.4 Å². The number of hydrogen-bond acceptors (Lipinski definition) is 0. The lowest BCUT2D eigenvalue weighted by Crippen LogP contribution is -1.80. The van der Waals surface area contributed by atoms with E-state index in [1.54, 1.807) is 0 Å². The van der Waals surface area contributed by atoms with Gasteiger partial charge in [0, 0.05) is 10.6 Å². The first-order valence-electron chi connectivity index (χ1n) is 4.25. The lowest BCUT2D eigenvalue weighted by molar-refractivity contribution is 1.50. The molecule has 13 heavy (non-hydrogen) atoms. The fraction of sp³-hybridized carbons (Fsp3) is 0.167. The van der Waals surface area contributed by atoms with Crippen molar-refractivity contribution in [1.82, 2.24) is 0 Å². The Hall–Kier alpha value is -1.19. The van der Waals surface area contributed by atoms with Crippen LogP contribution in [0.1, 0.15) is 24.0 Å². The highest BCUT2D eigenvalue weighted by atomic mass is 35.5. The van der Waals surface area contributed by atoms with Crippen molar-refractivity contribution in [3.8, 4) is 12.3 Å². The van der Waals surface area contributed by atoms with Gasteiger partial charge in [0.15, 0.2) is 0 Å². The van der Waals surface area contributed by atoms with Crippen LogP contribution < -0.4 is 0 Å². The van der Waals surface area contributed by atoms with Crippen LogP contribution in [0.3, 0.4) is 0 Å². The van der Waals surface area contributed by atoms with Crippen molar-refractivity contribution in [3.05, 3.63) is 39.9 Å². The average Bonchev–Trinajstić information content (AvgIpc) is 2.89. The van der Waals surface area contributed by atoms with Gasteiger partial charge in [0.2, 0.25) is 0 Å². The molecule has 64 valence electrons. The van der Waals surface area contributed by atoms with Crippen LogP contribution in [-0.4, -0.2) is 0 Å². The summed E-state index contributed by atoms with van der Waals surface area (Å²) in [5, 5.41) is 0.742. The Balaban J connectivity index is 2.47. The van der Waals surface area contributed by atoms with Gasteiger partial charge >= 0.3 is 0 Å². The molecule has 0 spiro atoms. The van der Waals surface area contributed by atoms with E-state index in [2.05, 4.69) is 12.0 Å². The Morgan fingerprint density at radius 2 is 2.15 bits per heavy atom. The van der Waals surface area contributed by atoms with Crippen LogP contribution in [0.5, 0.6) is 0 Å². The maximum absolute atomic E-state index is 5.88. The molecular formula is C12H9Cl. The summed E-state index contributed by atoms with van der Waals surface area (Å²) >= 11 is 5.88. The summed E-state index contributed by atoms with van der Waals surface area (Å²) in [5.41, 5.74) is 3.45. The molecule has 0 bridgehead atoms. The highest BCUT2D eigenvalue weighted by molar-refractivity contribution is 6.30. The van der Waals surface area contributed by atoms with Gasteiger partial charge in [-0.25, -0.2) is 0 Å². The van der Waals surface area contributed by atoms with Gasteiger partial charge in [-0.1, -0.05) is 29.2 Å². The fourth-order valence-electron chi connectivity index (χ4n) is 1.22. The number of terminal acetylenes is 1. The number of benzene rings is 1. The molecule has 1 saturated carbocycles. The normalized spacial score (nSPS) is 13.7. The van der Waals surface area contributed by atoms with Gasteiger partial charge < -0.3 is 0 Å². The number of hydrogen-bond donors (Lipinski definition) is 0. The van der Waals surface area contributed by atoms with Gasteiger partial charge in [-0.15, -0.1) is 6.42 Å². The molecule has 0 unspecified atom stereocenters. The van der Waals surface area contributed by atoms with Crippen molar-refractivity contribution < 1.29 is 0 Å². The van der Waals surface area contributed by atoms with E-state index in [4.69, 9.17) is 18.0 Å². The zero-order valence-corrected chi connectivity index (χ0v) is 7.93. The zero-order chi connectivity index (χ0) is 9.26. The van der Waals surface area contributed by atoms with E-state index in [0.717, 1.165) is 16.1 Å².